The zero-order chi connectivity index (χ0) is 14.7. The van der Waals surface area contributed by atoms with Gasteiger partial charge in [-0.05, 0) is 47.6 Å². The molecular formula is C19H17ClO. The van der Waals surface area contributed by atoms with E-state index in [0.29, 0.717) is 0 Å². The van der Waals surface area contributed by atoms with Crippen LogP contribution in [0.15, 0.2) is 60.7 Å². The van der Waals surface area contributed by atoms with E-state index in [9.17, 15) is 0 Å². The van der Waals surface area contributed by atoms with E-state index >= 15 is 0 Å². The van der Waals surface area contributed by atoms with Crippen molar-refractivity contribution in [3.8, 4) is 5.75 Å². The summed E-state index contributed by atoms with van der Waals surface area (Å²) >= 11 is 5.93. The molecule has 0 fully saturated rings. The number of ether oxygens (including phenoxy) is 1. The predicted molar refractivity (Wildman–Crippen MR) is 89.4 cm³/mol. The molecule has 0 saturated carbocycles. The Balaban J connectivity index is 1.89. The van der Waals surface area contributed by atoms with Gasteiger partial charge < -0.3 is 4.74 Å². The number of rotatable bonds is 4. The molecule has 0 unspecified atom stereocenters. The largest absolute Gasteiger partial charge is 0.496 e. The second kappa shape index (κ2) is 6.19. The monoisotopic (exact) mass is 296 g/mol. The van der Waals surface area contributed by atoms with Crippen LogP contribution in [0.2, 0.25) is 5.02 Å². The van der Waals surface area contributed by atoms with E-state index in [0.717, 1.165) is 23.6 Å². The summed E-state index contributed by atoms with van der Waals surface area (Å²) in [6, 6.07) is 20.7. The fourth-order valence-corrected chi connectivity index (χ4v) is 2.79. The van der Waals surface area contributed by atoms with Gasteiger partial charge in [-0.15, -0.1) is 0 Å². The standard InChI is InChI=1S/C19H17ClO/c1-21-19-13-10-15(17-4-2-3-5-18(17)19)9-6-14-7-11-16(20)12-8-14/h2-5,7-8,10-13H,6,9H2,1H3. The maximum absolute atomic E-state index is 5.93. The van der Waals surface area contributed by atoms with Crippen molar-refractivity contribution < 1.29 is 4.74 Å². The zero-order valence-electron chi connectivity index (χ0n) is 12.0. The van der Waals surface area contributed by atoms with E-state index in [1.54, 1.807) is 7.11 Å². The second-order valence-corrected chi connectivity index (χ2v) is 5.54. The molecule has 0 aliphatic rings. The molecule has 0 N–H and O–H groups in total. The van der Waals surface area contributed by atoms with Crippen molar-refractivity contribution in [2.75, 3.05) is 7.11 Å². The molecule has 0 amide bonds. The molecule has 1 nitrogen and oxygen atoms in total. The van der Waals surface area contributed by atoms with Crippen LogP contribution in [0.3, 0.4) is 0 Å². The third-order valence-electron chi connectivity index (χ3n) is 3.79. The number of benzene rings is 3. The van der Waals surface area contributed by atoms with Gasteiger partial charge in [0.15, 0.2) is 0 Å². The number of hydrogen-bond acceptors (Lipinski definition) is 1. The highest BCUT2D eigenvalue weighted by Gasteiger charge is 2.06. The summed E-state index contributed by atoms with van der Waals surface area (Å²) in [6.07, 6.45) is 2.01. The van der Waals surface area contributed by atoms with E-state index < -0.39 is 0 Å². The first-order valence-electron chi connectivity index (χ1n) is 7.07. The van der Waals surface area contributed by atoms with Crippen LogP contribution >= 0.6 is 11.6 Å². The minimum atomic E-state index is 0.786. The van der Waals surface area contributed by atoms with Gasteiger partial charge in [-0.25, -0.2) is 0 Å². The first kappa shape index (κ1) is 14.0. The van der Waals surface area contributed by atoms with Crippen LogP contribution in [-0.4, -0.2) is 7.11 Å². The maximum atomic E-state index is 5.93. The van der Waals surface area contributed by atoms with Gasteiger partial charge in [0.1, 0.15) is 5.75 Å². The van der Waals surface area contributed by atoms with Crippen molar-refractivity contribution in [2.45, 2.75) is 12.8 Å². The Morgan fingerprint density at radius 3 is 2.24 bits per heavy atom. The first-order valence-corrected chi connectivity index (χ1v) is 7.45. The number of methoxy groups -OCH3 is 1. The van der Waals surface area contributed by atoms with Gasteiger partial charge in [0, 0.05) is 10.4 Å². The molecule has 0 bridgehead atoms. The Hall–Kier alpha value is -1.99. The van der Waals surface area contributed by atoms with Crippen molar-refractivity contribution >= 4 is 22.4 Å². The average Bonchev–Trinajstić information content (AvgIpc) is 2.54. The smallest absolute Gasteiger partial charge is 0.126 e. The zero-order valence-corrected chi connectivity index (χ0v) is 12.7. The van der Waals surface area contributed by atoms with E-state index in [4.69, 9.17) is 16.3 Å². The van der Waals surface area contributed by atoms with Gasteiger partial charge in [0.05, 0.1) is 7.11 Å². The lowest BCUT2D eigenvalue weighted by molar-refractivity contribution is 0.419. The van der Waals surface area contributed by atoms with Gasteiger partial charge in [-0.3, -0.25) is 0 Å². The molecule has 3 rings (SSSR count). The van der Waals surface area contributed by atoms with Crippen molar-refractivity contribution in [1.29, 1.82) is 0 Å². The van der Waals surface area contributed by atoms with Crippen LogP contribution in [0.1, 0.15) is 11.1 Å². The molecule has 0 aliphatic heterocycles. The van der Waals surface area contributed by atoms with E-state index in [1.165, 1.54) is 21.9 Å². The summed E-state index contributed by atoms with van der Waals surface area (Å²) in [6.45, 7) is 0. The molecule has 0 heterocycles. The molecular weight excluding hydrogens is 280 g/mol. The Kier molecular flexibility index (Phi) is 4.12. The molecule has 0 saturated heterocycles. The lowest BCUT2D eigenvalue weighted by Gasteiger charge is -2.10. The molecule has 3 aromatic rings. The lowest BCUT2D eigenvalue weighted by Crippen LogP contribution is -1.94. The lowest BCUT2D eigenvalue weighted by atomic mass is 9.98. The minimum absolute atomic E-state index is 0.786. The second-order valence-electron chi connectivity index (χ2n) is 5.10. The van der Waals surface area contributed by atoms with Crippen LogP contribution in [0.4, 0.5) is 0 Å². The molecule has 0 aromatic heterocycles. The summed E-state index contributed by atoms with van der Waals surface area (Å²) in [4.78, 5) is 0. The quantitative estimate of drug-likeness (QED) is 0.636. The highest BCUT2D eigenvalue weighted by molar-refractivity contribution is 6.30. The van der Waals surface area contributed by atoms with Crippen LogP contribution in [0.25, 0.3) is 10.8 Å². The predicted octanol–water partition coefficient (Wildman–Crippen LogP) is 5.29. The van der Waals surface area contributed by atoms with Gasteiger partial charge >= 0.3 is 0 Å². The molecule has 0 spiro atoms. The summed E-state index contributed by atoms with van der Waals surface area (Å²) in [5.41, 5.74) is 2.65. The van der Waals surface area contributed by atoms with E-state index in [-0.39, 0.29) is 0 Å². The summed E-state index contributed by atoms with van der Waals surface area (Å²) in [5.74, 6) is 0.931. The SMILES string of the molecule is COc1ccc(CCc2ccc(Cl)cc2)c2ccccc12. The van der Waals surface area contributed by atoms with Crippen molar-refractivity contribution in [3.05, 3.63) is 76.8 Å². The third kappa shape index (κ3) is 3.03. The van der Waals surface area contributed by atoms with E-state index in [1.807, 2.05) is 18.2 Å². The molecule has 0 aliphatic carbocycles. The van der Waals surface area contributed by atoms with Crippen LogP contribution < -0.4 is 4.74 Å². The maximum Gasteiger partial charge on any atom is 0.126 e. The van der Waals surface area contributed by atoms with Crippen LogP contribution in [0.5, 0.6) is 5.75 Å². The molecule has 3 aromatic carbocycles. The summed E-state index contributed by atoms with van der Waals surface area (Å²) in [7, 11) is 1.72. The first-order chi connectivity index (χ1) is 10.3. The summed E-state index contributed by atoms with van der Waals surface area (Å²) < 4.78 is 5.44. The van der Waals surface area contributed by atoms with Gasteiger partial charge in [-0.1, -0.05) is 54.1 Å². The molecule has 0 radical (unpaired) electrons. The number of hydrogen-bond donors (Lipinski definition) is 0. The van der Waals surface area contributed by atoms with Gasteiger partial charge in [-0.2, -0.15) is 0 Å². The van der Waals surface area contributed by atoms with E-state index in [2.05, 4.69) is 42.5 Å². The minimum Gasteiger partial charge on any atom is -0.496 e. The normalized spacial score (nSPS) is 10.8. The van der Waals surface area contributed by atoms with Crippen molar-refractivity contribution in [3.63, 3.8) is 0 Å². The average molecular weight is 297 g/mol. The molecule has 21 heavy (non-hydrogen) atoms. The molecule has 0 atom stereocenters. The molecule has 106 valence electrons. The Bertz CT molecular complexity index is 747. The van der Waals surface area contributed by atoms with Crippen LogP contribution in [0, 0.1) is 0 Å². The highest BCUT2D eigenvalue weighted by Crippen LogP contribution is 2.29. The summed E-state index contributed by atoms with van der Waals surface area (Å²) in [5, 5.41) is 3.23. The highest BCUT2D eigenvalue weighted by atomic mass is 35.5. The molecule has 2 heteroatoms. The third-order valence-corrected chi connectivity index (χ3v) is 4.04. The Labute approximate surface area is 130 Å². The topological polar surface area (TPSA) is 9.23 Å². The number of aryl methyl sites for hydroxylation is 2. The fourth-order valence-electron chi connectivity index (χ4n) is 2.66. The van der Waals surface area contributed by atoms with Gasteiger partial charge in [0.2, 0.25) is 0 Å². The Morgan fingerprint density at radius 2 is 1.52 bits per heavy atom. The van der Waals surface area contributed by atoms with Gasteiger partial charge in [0.25, 0.3) is 0 Å². The Morgan fingerprint density at radius 1 is 0.810 bits per heavy atom. The number of fused-ring (bicyclic) bond motifs is 1. The van der Waals surface area contributed by atoms with Crippen LogP contribution in [-0.2, 0) is 12.8 Å². The number of halogens is 1. The van der Waals surface area contributed by atoms with Crippen molar-refractivity contribution in [2.24, 2.45) is 0 Å². The fraction of sp³-hybridized carbons (Fsp3) is 0.158. The van der Waals surface area contributed by atoms with Crippen molar-refractivity contribution in [1.82, 2.24) is 0 Å².